The molecule has 178 valence electrons. The second-order valence-corrected chi connectivity index (χ2v) is 11.1. The van der Waals surface area contributed by atoms with Gasteiger partial charge < -0.3 is 10.6 Å². The van der Waals surface area contributed by atoms with Crippen molar-refractivity contribution in [3.05, 3.63) is 58.6 Å². The smallest absolute Gasteiger partial charge is 0.255 e. The van der Waals surface area contributed by atoms with Crippen LogP contribution in [0.15, 0.2) is 47.4 Å². The molecule has 1 aliphatic rings. The van der Waals surface area contributed by atoms with Crippen molar-refractivity contribution in [3.8, 4) is 0 Å². The lowest BCUT2D eigenvalue weighted by atomic mass is 10.0. The molecule has 0 bridgehead atoms. The van der Waals surface area contributed by atoms with Gasteiger partial charge in [0.05, 0.1) is 11.4 Å². The van der Waals surface area contributed by atoms with Crippen LogP contribution in [-0.4, -0.2) is 43.7 Å². The van der Waals surface area contributed by atoms with Crippen LogP contribution in [0, 0.1) is 5.92 Å². The maximum absolute atomic E-state index is 13.2. The summed E-state index contributed by atoms with van der Waals surface area (Å²) in [4.78, 5) is 24.6. The van der Waals surface area contributed by atoms with E-state index in [9.17, 15) is 18.0 Å². The summed E-state index contributed by atoms with van der Waals surface area (Å²) in [7, 11) is -3.80. The first kappa shape index (κ1) is 25.2. The predicted octanol–water partition coefficient (Wildman–Crippen LogP) is 4.08. The van der Waals surface area contributed by atoms with Crippen molar-refractivity contribution in [2.24, 2.45) is 5.92 Å². The van der Waals surface area contributed by atoms with Crippen LogP contribution in [0.5, 0.6) is 0 Å². The number of sulfonamides is 1. The highest BCUT2D eigenvalue weighted by atomic mass is 35.5. The van der Waals surface area contributed by atoms with Crippen LogP contribution in [0.2, 0.25) is 5.02 Å². The summed E-state index contributed by atoms with van der Waals surface area (Å²) in [5.74, 6) is -0.238. The van der Waals surface area contributed by atoms with Crippen molar-refractivity contribution in [2.45, 2.75) is 51.0 Å². The van der Waals surface area contributed by atoms with E-state index in [0.29, 0.717) is 18.8 Å². The number of carbonyl (C=O) groups is 2. The van der Waals surface area contributed by atoms with Crippen molar-refractivity contribution in [2.75, 3.05) is 18.4 Å². The lowest BCUT2D eigenvalue weighted by molar-refractivity contribution is -0.120. The Morgan fingerprint density at radius 2 is 1.85 bits per heavy atom. The van der Waals surface area contributed by atoms with Crippen molar-refractivity contribution < 1.29 is 18.0 Å². The van der Waals surface area contributed by atoms with E-state index in [-0.39, 0.29) is 39.8 Å². The average Bonchev–Trinajstić information content (AvgIpc) is 2.74. The van der Waals surface area contributed by atoms with E-state index < -0.39 is 15.9 Å². The third-order valence-electron chi connectivity index (χ3n) is 5.46. The zero-order chi connectivity index (χ0) is 24.2. The van der Waals surface area contributed by atoms with Crippen LogP contribution in [0.1, 0.15) is 49.5 Å². The van der Waals surface area contributed by atoms with E-state index in [1.165, 1.54) is 22.5 Å². The van der Waals surface area contributed by atoms with Crippen LogP contribution in [0.4, 0.5) is 5.69 Å². The summed E-state index contributed by atoms with van der Waals surface area (Å²) in [6, 6.07) is 11.3. The fourth-order valence-corrected chi connectivity index (χ4v) is 5.91. The highest BCUT2D eigenvalue weighted by Gasteiger charge is 2.31. The molecule has 33 heavy (non-hydrogen) atoms. The van der Waals surface area contributed by atoms with Crippen LogP contribution < -0.4 is 10.6 Å². The average molecular weight is 492 g/mol. The Labute approximate surface area is 200 Å². The summed E-state index contributed by atoms with van der Waals surface area (Å²) in [5.41, 5.74) is 1.56. The lowest BCUT2D eigenvalue weighted by Gasteiger charge is -2.30. The highest BCUT2D eigenvalue weighted by molar-refractivity contribution is 7.89. The molecule has 3 rings (SSSR count). The number of amides is 2. The van der Waals surface area contributed by atoms with Gasteiger partial charge in [-0.1, -0.05) is 30.7 Å². The predicted molar refractivity (Wildman–Crippen MR) is 130 cm³/mol. The molecule has 2 N–H and O–H groups in total. The zero-order valence-corrected chi connectivity index (χ0v) is 20.7. The number of nitrogens with zero attached hydrogens (tertiary/aromatic N) is 1. The lowest BCUT2D eigenvalue weighted by Crippen LogP contribution is -2.39. The van der Waals surface area contributed by atoms with Crippen molar-refractivity contribution in [1.82, 2.24) is 9.62 Å². The molecule has 2 aromatic rings. The first-order valence-electron chi connectivity index (χ1n) is 11.1. The molecule has 2 aromatic carbocycles. The van der Waals surface area contributed by atoms with E-state index in [1.54, 1.807) is 24.3 Å². The zero-order valence-electron chi connectivity index (χ0n) is 19.1. The fourth-order valence-electron chi connectivity index (χ4n) is 3.81. The second kappa shape index (κ2) is 10.7. The SMILES string of the molecule is CC1CCCN(S(=O)(=O)c2cc(C(=O)Nc3ccc(CC(=O)NC(C)C)cc3)ccc2Cl)C1. The summed E-state index contributed by atoms with van der Waals surface area (Å²) in [5, 5.41) is 5.69. The van der Waals surface area contributed by atoms with Crippen LogP contribution in [0.3, 0.4) is 0 Å². The molecule has 2 amide bonds. The van der Waals surface area contributed by atoms with Crippen molar-refractivity contribution in [3.63, 3.8) is 0 Å². The van der Waals surface area contributed by atoms with E-state index in [0.717, 1.165) is 18.4 Å². The number of halogens is 1. The molecule has 0 saturated carbocycles. The van der Waals surface area contributed by atoms with Gasteiger partial charge in [-0.05, 0) is 68.5 Å². The van der Waals surface area contributed by atoms with E-state index in [1.807, 2.05) is 20.8 Å². The molecule has 1 heterocycles. The number of hydrogen-bond donors (Lipinski definition) is 2. The molecule has 9 heteroatoms. The maximum atomic E-state index is 13.2. The van der Waals surface area contributed by atoms with Crippen LogP contribution >= 0.6 is 11.6 Å². The molecule has 0 aliphatic carbocycles. The van der Waals surface area contributed by atoms with Gasteiger partial charge in [0, 0.05) is 30.4 Å². The number of nitrogens with one attached hydrogen (secondary N) is 2. The standard InChI is InChI=1S/C24H30ClN3O4S/c1-16(2)26-23(29)13-18-6-9-20(10-7-18)27-24(30)19-8-11-21(25)22(14-19)33(31,32)28-12-4-5-17(3)15-28/h6-11,14,16-17H,4-5,12-13,15H2,1-3H3,(H,26,29)(H,27,30). The summed E-state index contributed by atoms with van der Waals surface area (Å²) in [6.07, 6.45) is 2.04. The largest absolute Gasteiger partial charge is 0.354 e. The number of rotatable bonds is 7. The van der Waals surface area contributed by atoms with Crippen molar-refractivity contribution in [1.29, 1.82) is 0 Å². The van der Waals surface area contributed by atoms with E-state index >= 15 is 0 Å². The van der Waals surface area contributed by atoms with E-state index in [2.05, 4.69) is 10.6 Å². The van der Waals surface area contributed by atoms with Crippen LogP contribution in [-0.2, 0) is 21.2 Å². The Balaban J connectivity index is 1.72. The van der Waals surface area contributed by atoms with Gasteiger partial charge in [0.1, 0.15) is 4.90 Å². The van der Waals surface area contributed by atoms with Gasteiger partial charge >= 0.3 is 0 Å². The number of carbonyl (C=O) groups excluding carboxylic acids is 2. The summed E-state index contributed by atoms with van der Waals surface area (Å²) < 4.78 is 27.8. The summed E-state index contributed by atoms with van der Waals surface area (Å²) in [6.45, 7) is 6.71. The number of benzene rings is 2. The third kappa shape index (κ3) is 6.56. The maximum Gasteiger partial charge on any atom is 0.255 e. The highest BCUT2D eigenvalue weighted by Crippen LogP contribution is 2.29. The molecule has 0 radical (unpaired) electrons. The Morgan fingerprint density at radius 1 is 1.15 bits per heavy atom. The van der Waals surface area contributed by atoms with Gasteiger partial charge in [-0.3, -0.25) is 9.59 Å². The molecule has 1 saturated heterocycles. The normalized spacial score (nSPS) is 17.1. The van der Waals surface area contributed by atoms with Crippen molar-refractivity contribution >= 4 is 39.1 Å². The minimum atomic E-state index is -3.80. The Hall–Kier alpha value is -2.42. The molecule has 1 unspecified atom stereocenters. The molecule has 0 spiro atoms. The fraction of sp³-hybridized carbons (Fsp3) is 0.417. The molecule has 1 atom stereocenters. The first-order chi connectivity index (χ1) is 15.6. The molecule has 7 nitrogen and oxygen atoms in total. The minimum absolute atomic E-state index is 0.0579. The number of anilines is 1. The Bertz CT molecular complexity index is 1120. The minimum Gasteiger partial charge on any atom is -0.354 e. The van der Waals surface area contributed by atoms with Gasteiger partial charge in [0.15, 0.2) is 0 Å². The van der Waals surface area contributed by atoms with Gasteiger partial charge in [-0.25, -0.2) is 8.42 Å². The second-order valence-electron chi connectivity index (χ2n) is 8.81. The first-order valence-corrected chi connectivity index (χ1v) is 12.9. The Morgan fingerprint density at radius 3 is 2.48 bits per heavy atom. The number of piperidine rings is 1. The molecular weight excluding hydrogens is 462 g/mol. The summed E-state index contributed by atoms with van der Waals surface area (Å²) >= 11 is 6.22. The molecule has 1 fully saturated rings. The molecular formula is C24H30ClN3O4S. The van der Waals surface area contributed by atoms with E-state index in [4.69, 9.17) is 11.6 Å². The third-order valence-corrected chi connectivity index (χ3v) is 7.80. The topological polar surface area (TPSA) is 95.6 Å². The van der Waals surface area contributed by atoms with Gasteiger partial charge in [0.25, 0.3) is 5.91 Å². The monoisotopic (exact) mass is 491 g/mol. The van der Waals surface area contributed by atoms with Gasteiger partial charge in [0.2, 0.25) is 15.9 Å². The van der Waals surface area contributed by atoms with Crippen LogP contribution in [0.25, 0.3) is 0 Å². The quantitative estimate of drug-likeness (QED) is 0.610. The number of hydrogen-bond acceptors (Lipinski definition) is 4. The Kier molecular flexibility index (Phi) is 8.15. The molecule has 0 aromatic heterocycles. The molecule has 1 aliphatic heterocycles. The van der Waals surface area contributed by atoms with Gasteiger partial charge in [-0.2, -0.15) is 4.31 Å². The van der Waals surface area contributed by atoms with Gasteiger partial charge in [-0.15, -0.1) is 0 Å².